The molecule has 3 aromatic rings. The number of amides is 2. The minimum absolute atomic E-state index is 0.0767. The number of anilines is 2. The molecular weight excluding hydrogens is 708 g/mol. The summed E-state index contributed by atoms with van der Waals surface area (Å²) in [7, 11) is 1.91. The fourth-order valence-corrected chi connectivity index (χ4v) is 5.52. The van der Waals surface area contributed by atoms with E-state index in [-0.39, 0.29) is 23.5 Å². The van der Waals surface area contributed by atoms with Crippen molar-refractivity contribution in [3.63, 3.8) is 0 Å². The number of hydrogen-bond acceptors (Lipinski definition) is 13. The molecule has 0 radical (unpaired) electrons. The molecule has 3 N–H and O–H groups in total. The number of carboxylic acids is 1. The number of likely N-dealkylation sites (tertiary alicyclic amines) is 1. The van der Waals surface area contributed by atoms with Gasteiger partial charge in [0.25, 0.3) is 11.9 Å². The monoisotopic (exact) mass is 757 g/mol. The van der Waals surface area contributed by atoms with Crippen LogP contribution in [0.1, 0.15) is 68.0 Å². The van der Waals surface area contributed by atoms with Crippen LogP contribution in [0.4, 0.5) is 20.5 Å². The summed E-state index contributed by atoms with van der Waals surface area (Å²) >= 11 is 0.956. The van der Waals surface area contributed by atoms with E-state index in [9.17, 15) is 24.3 Å². The molecular formula is C36H49N6O10S+. The zero-order valence-corrected chi connectivity index (χ0v) is 32.6. The third-order valence-corrected chi connectivity index (χ3v) is 7.90. The van der Waals surface area contributed by atoms with Crippen LogP contribution < -0.4 is 19.9 Å². The summed E-state index contributed by atoms with van der Waals surface area (Å²) in [6.45, 7) is 17.3. The summed E-state index contributed by atoms with van der Waals surface area (Å²) < 4.78 is 24.0. The predicted octanol–water partition coefficient (Wildman–Crippen LogP) is 5.34. The van der Waals surface area contributed by atoms with Gasteiger partial charge in [-0.3, -0.25) is 10.6 Å². The Kier molecular flexibility index (Phi) is 12.4. The Morgan fingerprint density at radius 3 is 2.26 bits per heavy atom. The van der Waals surface area contributed by atoms with Crippen molar-refractivity contribution >= 4 is 62.9 Å². The first-order chi connectivity index (χ1) is 24.5. The lowest BCUT2D eigenvalue weighted by atomic mass is 10.0. The summed E-state index contributed by atoms with van der Waals surface area (Å²) in [5.74, 6) is -0.688. The van der Waals surface area contributed by atoms with E-state index in [0.717, 1.165) is 27.9 Å². The zero-order chi connectivity index (χ0) is 39.3. The van der Waals surface area contributed by atoms with E-state index in [1.807, 2.05) is 50.7 Å². The molecule has 0 saturated carbocycles. The first kappa shape index (κ1) is 40.6. The van der Waals surface area contributed by atoms with Gasteiger partial charge in [0.15, 0.2) is 5.13 Å². The van der Waals surface area contributed by atoms with Crippen molar-refractivity contribution in [3.05, 3.63) is 41.5 Å². The normalized spacial score (nSPS) is 14.5. The highest BCUT2D eigenvalue weighted by molar-refractivity contribution is 7.14. The van der Waals surface area contributed by atoms with Crippen molar-refractivity contribution in [1.29, 1.82) is 0 Å². The molecule has 4 rings (SSSR count). The van der Waals surface area contributed by atoms with Crippen LogP contribution in [0, 0.1) is 5.92 Å². The number of oxime groups is 1. The number of nitrogens with zero attached hydrogens (tertiary/aromatic N) is 4. The van der Waals surface area contributed by atoms with Crippen LogP contribution >= 0.6 is 11.3 Å². The average molecular weight is 758 g/mol. The van der Waals surface area contributed by atoms with Crippen molar-refractivity contribution in [3.8, 4) is 5.75 Å². The number of carboxylic acid groups (broad SMARTS) is 1. The van der Waals surface area contributed by atoms with Crippen molar-refractivity contribution in [2.24, 2.45) is 18.1 Å². The molecule has 16 nitrogen and oxygen atoms in total. The Bertz CT molecular complexity index is 1850. The number of esters is 1. The lowest BCUT2D eigenvalue weighted by Gasteiger charge is -2.38. The molecule has 2 aromatic heterocycles. The molecule has 0 bridgehead atoms. The molecule has 3 heterocycles. The highest BCUT2D eigenvalue weighted by atomic mass is 32.1. The van der Waals surface area contributed by atoms with Gasteiger partial charge in [0.2, 0.25) is 5.71 Å². The van der Waals surface area contributed by atoms with Gasteiger partial charge in [0.1, 0.15) is 34.9 Å². The van der Waals surface area contributed by atoms with Gasteiger partial charge >= 0.3 is 24.1 Å². The predicted molar refractivity (Wildman–Crippen MR) is 197 cm³/mol. The lowest BCUT2D eigenvalue weighted by Crippen LogP contribution is -2.53. The third kappa shape index (κ3) is 12.5. The van der Waals surface area contributed by atoms with Gasteiger partial charge in [-0.1, -0.05) is 11.2 Å². The number of aliphatic carboxylic acids is 1. The van der Waals surface area contributed by atoms with Crippen LogP contribution in [0.25, 0.3) is 10.8 Å². The second-order valence-electron chi connectivity index (χ2n) is 15.5. The number of ether oxygens (including phenoxy) is 4. The second kappa shape index (κ2) is 16.2. The summed E-state index contributed by atoms with van der Waals surface area (Å²) in [5, 5.41) is 22.8. The number of thiazole rings is 1. The maximum Gasteiger partial charge on any atom is 0.413 e. The summed E-state index contributed by atoms with van der Waals surface area (Å²) in [6.07, 6.45) is -0.574. The van der Waals surface area contributed by atoms with Crippen LogP contribution in [-0.2, 0) is 35.7 Å². The number of nitrogens with one attached hydrogen (secondary N) is 2. The van der Waals surface area contributed by atoms with E-state index in [1.54, 1.807) is 58.6 Å². The van der Waals surface area contributed by atoms with Crippen molar-refractivity contribution < 1.29 is 52.6 Å². The van der Waals surface area contributed by atoms with Gasteiger partial charge in [-0.05, 0) is 79.8 Å². The van der Waals surface area contributed by atoms with Gasteiger partial charge < -0.3 is 33.8 Å². The molecule has 1 aromatic carbocycles. The molecule has 17 heteroatoms. The first-order valence-corrected chi connectivity index (χ1v) is 17.9. The third-order valence-electron chi connectivity index (χ3n) is 7.14. The number of carbonyl (C=O) groups is 4. The summed E-state index contributed by atoms with van der Waals surface area (Å²) in [4.78, 5) is 60.9. The number of rotatable bonds is 12. The van der Waals surface area contributed by atoms with Gasteiger partial charge in [-0.25, -0.2) is 28.7 Å². The summed E-state index contributed by atoms with van der Waals surface area (Å²) in [5.41, 5.74) is -2.87. The Hall–Kier alpha value is -5.19. The number of hydrogen-bond donors (Lipinski definition) is 3. The van der Waals surface area contributed by atoms with Crippen LogP contribution in [0.15, 0.2) is 41.0 Å². The van der Waals surface area contributed by atoms with E-state index >= 15 is 0 Å². The Morgan fingerprint density at radius 2 is 1.64 bits per heavy atom. The van der Waals surface area contributed by atoms with E-state index in [0.29, 0.717) is 31.3 Å². The van der Waals surface area contributed by atoms with E-state index in [2.05, 4.69) is 20.8 Å². The second-order valence-corrected chi connectivity index (χ2v) is 16.4. The summed E-state index contributed by atoms with van der Waals surface area (Å²) in [6, 6.07) is 7.42. The minimum Gasteiger partial charge on any atom is -0.489 e. The van der Waals surface area contributed by atoms with Crippen LogP contribution in [0.3, 0.4) is 0 Å². The molecule has 1 fully saturated rings. The van der Waals surface area contributed by atoms with Gasteiger partial charge in [-0.2, -0.15) is 0 Å². The average Bonchev–Trinajstić information content (AvgIpc) is 3.42. The van der Waals surface area contributed by atoms with Crippen LogP contribution in [0.5, 0.6) is 5.75 Å². The maximum atomic E-state index is 13.1. The number of fused-ring (bicyclic) bond motifs is 1. The van der Waals surface area contributed by atoms with Gasteiger partial charge in [0, 0.05) is 35.8 Å². The molecule has 1 saturated heterocycles. The van der Waals surface area contributed by atoms with Crippen LogP contribution in [-0.4, -0.2) is 94.0 Å². The van der Waals surface area contributed by atoms with E-state index in [1.165, 1.54) is 5.38 Å². The number of aromatic nitrogens is 2. The quantitative estimate of drug-likeness (QED) is 0.0708. The smallest absolute Gasteiger partial charge is 0.413 e. The van der Waals surface area contributed by atoms with Crippen molar-refractivity contribution in [2.45, 2.75) is 85.2 Å². The molecule has 1 aliphatic heterocycles. The number of aryl methyl sites for hydroxylation is 1. The highest BCUT2D eigenvalue weighted by Crippen LogP contribution is 2.25. The van der Waals surface area contributed by atoms with E-state index < -0.39 is 46.7 Å². The number of carbonyl (C=O) groups excluding carboxylic acids is 3. The first-order valence-electron chi connectivity index (χ1n) is 17.0. The Morgan fingerprint density at radius 1 is 0.981 bits per heavy atom. The number of benzene rings is 1. The SMILES string of the molecule is C[n+]1cc2cc(OCC(ON=C(C(=O)O)c3csc(NC(=O)OC(C)(C)C)n3)C(=O)OC(C)(C)C)ccc2cc1NCC1CN(C(=O)OC(C)(C)C)C1. The molecule has 1 unspecified atom stereocenters. The number of pyridine rings is 1. The molecule has 288 valence electrons. The zero-order valence-electron chi connectivity index (χ0n) is 31.8. The van der Waals surface area contributed by atoms with E-state index in [4.69, 9.17) is 23.8 Å². The van der Waals surface area contributed by atoms with Crippen molar-refractivity contribution in [2.75, 3.05) is 36.9 Å². The standard InChI is InChI=1S/C36H48N6O10S/c1-34(2,3)49-30(45)26(52-40-28(29(43)44)25-20-53-31(38-25)39-32(46)50-35(4,5)6)19-48-24-12-11-22-14-27(41(10)18-23(22)13-24)37-15-21-16-42(17-21)33(47)51-36(7,8)9/h11-14,18,20-21,26H,15-17,19H2,1-10H3,(H2,38,39,43,44,46)/p+1. The fraction of sp³-hybridized carbons (Fsp3) is 0.528. The topological polar surface area (TPSA) is 191 Å². The fourth-order valence-electron chi connectivity index (χ4n) is 4.84. The molecule has 1 aliphatic rings. The lowest BCUT2D eigenvalue weighted by molar-refractivity contribution is -0.655. The minimum atomic E-state index is -1.48. The molecule has 0 spiro atoms. The maximum absolute atomic E-state index is 13.1. The molecule has 1 atom stereocenters. The molecule has 0 aliphatic carbocycles. The molecule has 2 amide bonds. The van der Waals surface area contributed by atoms with Gasteiger partial charge in [-0.15, -0.1) is 11.3 Å². The molecule has 53 heavy (non-hydrogen) atoms. The van der Waals surface area contributed by atoms with Crippen LogP contribution in [0.2, 0.25) is 0 Å². The highest BCUT2D eigenvalue weighted by Gasteiger charge is 2.35. The Balaban J connectivity index is 1.42. The Labute approximate surface area is 312 Å². The van der Waals surface area contributed by atoms with Crippen molar-refractivity contribution in [1.82, 2.24) is 9.88 Å². The largest absolute Gasteiger partial charge is 0.489 e. The van der Waals surface area contributed by atoms with Gasteiger partial charge in [0.05, 0.1) is 19.8 Å².